The van der Waals surface area contributed by atoms with E-state index >= 15 is 0 Å². The fraction of sp³-hybridized carbons (Fsp3) is 0.0182. The predicted octanol–water partition coefficient (Wildman–Crippen LogP) is 13.9. The third-order valence-electron chi connectivity index (χ3n) is 11.9. The Bertz CT molecular complexity index is 3100. The lowest BCUT2D eigenvalue weighted by molar-refractivity contribution is 0.745. The fourth-order valence-corrected chi connectivity index (χ4v) is 9.46. The molecule has 0 unspecified atom stereocenters. The van der Waals surface area contributed by atoms with E-state index in [1.54, 1.807) is 0 Å². The monoisotopic (exact) mass is 726 g/mol. The van der Waals surface area contributed by atoms with Crippen LogP contribution >= 0.6 is 0 Å². The molecule has 0 radical (unpaired) electrons. The van der Waals surface area contributed by atoms with Crippen molar-refractivity contribution in [3.63, 3.8) is 0 Å². The Kier molecular flexibility index (Phi) is 7.75. The van der Waals surface area contributed by atoms with E-state index in [-0.39, 0.29) is 0 Å². The molecule has 0 N–H and O–H groups in total. The molecule has 0 atom stereocenters. The van der Waals surface area contributed by atoms with Gasteiger partial charge in [-0.05, 0) is 88.0 Å². The maximum Gasteiger partial charge on any atom is 0.0701 e. The van der Waals surface area contributed by atoms with Crippen molar-refractivity contribution in [2.75, 3.05) is 0 Å². The van der Waals surface area contributed by atoms with Crippen LogP contribution in [0.4, 0.5) is 0 Å². The molecule has 0 bridgehead atoms. The first-order valence-electron chi connectivity index (χ1n) is 19.7. The molecule has 2 nitrogen and oxygen atoms in total. The molecule has 0 saturated carbocycles. The standard InChI is InChI=1S/C55H38N2/c1-5-18-40(19-6-1)55(41-20-7-2-8-21-41,42-22-9-3-10-23-42)43-33-35-45(36-34-43)56-50-29-15-13-26-47(50)49-38-39(32-37-52(49)56)46-28-17-31-53-54(46)48-27-14-16-30-51(48)57(53)44-24-11-4-12-25-44/h1-38H. The van der Waals surface area contributed by atoms with Gasteiger partial charge in [0.2, 0.25) is 0 Å². The Morgan fingerprint density at radius 1 is 0.281 bits per heavy atom. The van der Waals surface area contributed by atoms with Crippen LogP contribution in [0.2, 0.25) is 0 Å². The number of rotatable bonds is 7. The zero-order valence-electron chi connectivity index (χ0n) is 31.3. The number of hydrogen-bond acceptors (Lipinski definition) is 0. The Hall–Kier alpha value is -7.42. The minimum atomic E-state index is -0.497. The fourth-order valence-electron chi connectivity index (χ4n) is 9.46. The number of benzene rings is 9. The molecule has 0 spiro atoms. The highest BCUT2D eigenvalue weighted by Gasteiger charge is 2.38. The topological polar surface area (TPSA) is 9.86 Å². The Labute approximate surface area is 332 Å². The normalized spacial score (nSPS) is 11.9. The van der Waals surface area contributed by atoms with E-state index in [1.165, 1.54) is 82.7 Å². The number of hydrogen-bond donors (Lipinski definition) is 0. The first-order valence-corrected chi connectivity index (χ1v) is 19.7. The van der Waals surface area contributed by atoms with Gasteiger partial charge in [0.25, 0.3) is 0 Å². The molecule has 0 saturated heterocycles. The number of nitrogens with zero attached hydrogens (tertiary/aromatic N) is 2. The average Bonchev–Trinajstić information content (AvgIpc) is 3.81. The molecule has 268 valence electrons. The first kappa shape index (κ1) is 33.0. The molecule has 2 heteroatoms. The van der Waals surface area contributed by atoms with E-state index < -0.39 is 5.41 Å². The Morgan fingerprint density at radius 2 is 0.719 bits per heavy atom. The molecular formula is C55H38N2. The summed E-state index contributed by atoms with van der Waals surface area (Å²) in [5.74, 6) is 0. The second kappa shape index (κ2) is 13.4. The van der Waals surface area contributed by atoms with Crippen LogP contribution in [0.25, 0.3) is 66.1 Å². The van der Waals surface area contributed by atoms with Gasteiger partial charge in [-0.25, -0.2) is 0 Å². The highest BCUT2D eigenvalue weighted by atomic mass is 15.0. The van der Waals surface area contributed by atoms with Gasteiger partial charge in [0, 0.05) is 32.9 Å². The van der Waals surface area contributed by atoms with Gasteiger partial charge in [-0.2, -0.15) is 0 Å². The van der Waals surface area contributed by atoms with Gasteiger partial charge >= 0.3 is 0 Å². The van der Waals surface area contributed by atoms with Gasteiger partial charge in [0.15, 0.2) is 0 Å². The van der Waals surface area contributed by atoms with Crippen molar-refractivity contribution in [3.05, 3.63) is 253 Å². The van der Waals surface area contributed by atoms with Gasteiger partial charge in [-0.3, -0.25) is 0 Å². The van der Waals surface area contributed by atoms with Crippen molar-refractivity contribution in [2.45, 2.75) is 5.41 Å². The lowest BCUT2D eigenvalue weighted by Crippen LogP contribution is -2.30. The third kappa shape index (κ3) is 5.11. The summed E-state index contributed by atoms with van der Waals surface area (Å²) in [5, 5.41) is 5.01. The number of fused-ring (bicyclic) bond motifs is 6. The molecule has 0 amide bonds. The van der Waals surface area contributed by atoms with Crippen molar-refractivity contribution in [1.82, 2.24) is 9.13 Å². The van der Waals surface area contributed by atoms with Crippen LogP contribution in [0.1, 0.15) is 22.3 Å². The lowest BCUT2D eigenvalue weighted by atomic mass is 9.65. The molecule has 2 heterocycles. The van der Waals surface area contributed by atoms with Crippen molar-refractivity contribution >= 4 is 43.6 Å². The third-order valence-corrected chi connectivity index (χ3v) is 11.9. The summed E-state index contributed by atoms with van der Waals surface area (Å²) in [6.07, 6.45) is 0. The van der Waals surface area contributed by atoms with E-state index in [0.29, 0.717) is 0 Å². The van der Waals surface area contributed by atoms with Gasteiger partial charge in [-0.1, -0.05) is 176 Å². The van der Waals surface area contributed by atoms with E-state index in [2.05, 4.69) is 240 Å². The quantitative estimate of drug-likeness (QED) is 0.145. The van der Waals surface area contributed by atoms with Gasteiger partial charge < -0.3 is 9.13 Å². The summed E-state index contributed by atoms with van der Waals surface area (Å²) in [6, 6.07) is 84.1. The summed E-state index contributed by atoms with van der Waals surface area (Å²) >= 11 is 0. The number of para-hydroxylation sites is 3. The van der Waals surface area contributed by atoms with Crippen LogP contribution in [-0.4, -0.2) is 9.13 Å². The van der Waals surface area contributed by atoms with Crippen LogP contribution in [0.5, 0.6) is 0 Å². The molecular weight excluding hydrogens is 689 g/mol. The zero-order chi connectivity index (χ0) is 37.8. The van der Waals surface area contributed by atoms with Crippen LogP contribution in [0, 0.1) is 0 Å². The molecule has 11 rings (SSSR count). The molecule has 57 heavy (non-hydrogen) atoms. The summed E-state index contributed by atoms with van der Waals surface area (Å²) in [5.41, 5.74) is 14.0. The summed E-state index contributed by atoms with van der Waals surface area (Å²) in [6.45, 7) is 0. The Morgan fingerprint density at radius 3 is 1.33 bits per heavy atom. The lowest BCUT2D eigenvalue weighted by Gasteiger charge is -2.37. The van der Waals surface area contributed by atoms with Gasteiger partial charge in [-0.15, -0.1) is 0 Å². The molecule has 2 aromatic heterocycles. The van der Waals surface area contributed by atoms with E-state index in [4.69, 9.17) is 0 Å². The van der Waals surface area contributed by atoms with E-state index in [0.717, 1.165) is 5.69 Å². The van der Waals surface area contributed by atoms with Crippen molar-refractivity contribution in [2.24, 2.45) is 0 Å². The van der Waals surface area contributed by atoms with E-state index in [9.17, 15) is 0 Å². The second-order valence-corrected chi connectivity index (χ2v) is 14.9. The predicted molar refractivity (Wildman–Crippen MR) is 239 cm³/mol. The second-order valence-electron chi connectivity index (χ2n) is 14.9. The van der Waals surface area contributed by atoms with Crippen molar-refractivity contribution in [3.8, 4) is 22.5 Å². The molecule has 9 aromatic carbocycles. The molecule has 0 fully saturated rings. The largest absolute Gasteiger partial charge is 0.309 e. The van der Waals surface area contributed by atoms with Crippen molar-refractivity contribution < 1.29 is 0 Å². The smallest absolute Gasteiger partial charge is 0.0701 e. The summed E-state index contributed by atoms with van der Waals surface area (Å²) < 4.78 is 4.82. The minimum Gasteiger partial charge on any atom is -0.309 e. The first-order chi connectivity index (χ1) is 28.3. The zero-order valence-corrected chi connectivity index (χ0v) is 31.3. The average molecular weight is 727 g/mol. The van der Waals surface area contributed by atoms with Crippen LogP contribution in [0.3, 0.4) is 0 Å². The highest BCUT2D eigenvalue weighted by Crippen LogP contribution is 2.46. The number of aromatic nitrogens is 2. The maximum absolute atomic E-state index is 2.43. The summed E-state index contributed by atoms with van der Waals surface area (Å²) in [7, 11) is 0. The highest BCUT2D eigenvalue weighted by molar-refractivity contribution is 6.17. The van der Waals surface area contributed by atoms with Crippen LogP contribution in [0.15, 0.2) is 231 Å². The maximum atomic E-state index is 2.43. The van der Waals surface area contributed by atoms with Crippen LogP contribution in [-0.2, 0) is 5.41 Å². The molecule has 0 aliphatic carbocycles. The van der Waals surface area contributed by atoms with Gasteiger partial charge in [0.1, 0.15) is 0 Å². The SMILES string of the molecule is c1ccc(-n2c3ccccc3c3c(-c4ccc5c(c4)c4ccccc4n5-c4ccc(C(c5ccccc5)(c5ccccc5)c5ccccc5)cc4)cccc32)cc1. The summed E-state index contributed by atoms with van der Waals surface area (Å²) in [4.78, 5) is 0. The van der Waals surface area contributed by atoms with Crippen molar-refractivity contribution in [1.29, 1.82) is 0 Å². The Balaban J connectivity index is 1.09. The van der Waals surface area contributed by atoms with Crippen LogP contribution < -0.4 is 0 Å². The molecule has 0 aliphatic rings. The van der Waals surface area contributed by atoms with Gasteiger partial charge in [0.05, 0.1) is 27.5 Å². The minimum absolute atomic E-state index is 0.497. The van der Waals surface area contributed by atoms with E-state index in [1.807, 2.05) is 0 Å². The molecule has 0 aliphatic heterocycles. The molecule has 11 aromatic rings.